The Labute approximate surface area is 100 Å². The third kappa shape index (κ3) is 3.31. The molecular formula is C13H16O4. The highest BCUT2D eigenvalue weighted by Crippen LogP contribution is 2.23. The van der Waals surface area contributed by atoms with E-state index in [0.29, 0.717) is 30.4 Å². The first-order chi connectivity index (χ1) is 8.01. The van der Waals surface area contributed by atoms with Gasteiger partial charge in [0.15, 0.2) is 0 Å². The Kier molecular flexibility index (Phi) is 4.26. The molecule has 0 heterocycles. The Bertz CT molecular complexity index is 414. The highest BCUT2D eigenvalue weighted by atomic mass is 16.5. The largest absolute Gasteiger partial charge is 0.478 e. The highest BCUT2D eigenvalue weighted by molar-refractivity contribution is 5.78. The molecule has 0 spiro atoms. The lowest BCUT2D eigenvalue weighted by atomic mass is 10.0. The zero-order valence-corrected chi connectivity index (χ0v) is 9.97. The molecule has 0 saturated carbocycles. The van der Waals surface area contributed by atoms with E-state index in [4.69, 9.17) is 9.84 Å². The Morgan fingerprint density at radius 2 is 2.24 bits per heavy atom. The molecule has 92 valence electrons. The lowest BCUT2D eigenvalue weighted by Gasteiger charge is -2.25. The van der Waals surface area contributed by atoms with Gasteiger partial charge in [0.1, 0.15) is 12.0 Å². The van der Waals surface area contributed by atoms with Crippen LogP contribution in [0, 0.1) is 0 Å². The van der Waals surface area contributed by atoms with Gasteiger partial charge in [0.05, 0.1) is 0 Å². The predicted octanol–water partition coefficient (Wildman–Crippen LogP) is 2.52. The number of carbonyl (C=O) groups is 2. The van der Waals surface area contributed by atoms with E-state index in [1.165, 1.54) is 13.0 Å². The fourth-order valence-electron chi connectivity index (χ4n) is 1.59. The van der Waals surface area contributed by atoms with Crippen LogP contribution in [0.5, 0.6) is 5.75 Å². The molecule has 0 aromatic heterocycles. The van der Waals surface area contributed by atoms with Crippen LogP contribution in [0.1, 0.15) is 37.0 Å². The number of rotatable bonds is 6. The van der Waals surface area contributed by atoms with Crippen molar-refractivity contribution in [1.29, 1.82) is 0 Å². The van der Waals surface area contributed by atoms with E-state index in [1.807, 2.05) is 6.92 Å². The minimum Gasteiger partial charge on any atom is -0.478 e. The second-order valence-electron chi connectivity index (χ2n) is 4.08. The van der Waals surface area contributed by atoms with Crippen LogP contribution >= 0.6 is 0 Å². The van der Waals surface area contributed by atoms with E-state index in [1.54, 1.807) is 18.2 Å². The minimum atomic E-state index is -1.25. The number of aliphatic carboxylic acids is 1. The van der Waals surface area contributed by atoms with Crippen LogP contribution < -0.4 is 4.74 Å². The summed E-state index contributed by atoms with van der Waals surface area (Å²) >= 11 is 0. The van der Waals surface area contributed by atoms with Gasteiger partial charge in [-0.25, -0.2) is 4.79 Å². The van der Waals surface area contributed by atoms with E-state index in [9.17, 15) is 9.59 Å². The number of carbonyl (C=O) groups excluding carboxylic acids is 1. The monoisotopic (exact) mass is 236 g/mol. The molecule has 0 aliphatic carbocycles. The summed E-state index contributed by atoms with van der Waals surface area (Å²) in [5, 5.41) is 9.16. The molecule has 1 N–H and O–H groups in total. The van der Waals surface area contributed by atoms with Crippen molar-refractivity contribution in [3.05, 3.63) is 29.8 Å². The van der Waals surface area contributed by atoms with Crippen LogP contribution in [-0.2, 0) is 4.79 Å². The van der Waals surface area contributed by atoms with Gasteiger partial charge in [-0.05, 0) is 25.5 Å². The maximum Gasteiger partial charge on any atom is 0.347 e. The molecule has 0 aliphatic rings. The molecule has 4 nitrogen and oxygen atoms in total. The SMILES string of the molecule is CCCC(C)(Oc1cccc(C=O)c1)C(=O)O. The second kappa shape index (κ2) is 5.48. The van der Waals surface area contributed by atoms with Crippen molar-refractivity contribution in [1.82, 2.24) is 0 Å². The molecule has 1 atom stereocenters. The van der Waals surface area contributed by atoms with E-state index in [2.05, 4.69) is 0 Å². The molecule has 1 aromatic rings. The maximum absolute atomic E-state index is 11.2. The number of aldehydes is 1. The first-order valence-electron chi connectivity index (χ1n) is 5.49. The number of benzene rings is 1. The number of hydrogen-bond donors (Lipinski definition) is 1. The maximum atomic E-state index is 11.2. The van der Waals surface area contributed by atoms with Gasteiger partial charge >= 0.3 is 5.97 Å². The molecule has 0 radical (unpaired) electrons. The van der Waals surface area contributed by atoms with Crippen molar-refractivity contribution >= 4 is 12.3 Å². The van der Waals surface area contributed by atoms with Crippen LogP contribution in [0.15, 0.2) is 24.3 Å². The van der Waals surface area contributed by atoms with Gasteiger partial charge in [-0.15, -0.1) is 0 Å². The lowest BCUT2D eigenvalue weighted by Crippen LogP contribution is -2.41. The summed E-state index contributed by atoms with van der Waals surface area (Å²) < 4.78 is 5.49. The zero-order valence-electron chi connectivity index (χ0n) is 9.97. The van der Waals surface area contributed by atoms with E-state index in [0.717, 1.165) is 0 Å². The molecule has 1 aromatic carbocycles. The molecule has 4 heteroatoms. The van der Waals surface area contributed by atoms with Gasteiger partial charge in [0.25, 0.3) is 0 Å². The van der Waals surface area contributed by atoms with Gasteiger partial charge in [-0.1, -0.05) is 25.5 Å². The fourth-order valence-corrected chi connectivity index (χ4v) is 1.59. The highest BCUT2D eigenvalue weighted by Gasteiger charge is 2.34. The molecule has 17 heavy (non-hydrogen) atoms. The fraction of sp³-hybridized carbons (Fsp3) is 0.385. The molecule has 0 saturated heterocycles. The predicted molar refractivity (Wildman–Crippen MR) is 63.4 cm³/mol. The van der Waals surface area contributed by atoms with Crippen molar-refractivity contribution in [3.8, 4) is 5.75 Å². The average molecular weight is 236 g/mol. The smallest absolute Gasteiger partial charge is 0.347 e. The van der Waals surface area contributed by atoms with Crippen LogP contribution in [-0.4, -0.2) is 23.0 Å². The summed E-state index contributed by atoms with van der Waals surface area (Å²) in [6.45, 7) is 3.43. The van der Waals surface area contributed by atoms with Crippen molar-refractivity contribution in [2.24, 2.45) is 0 Å². The van der Waals surface area contributed by atoms with Crippen molar-refractivity contribution in [2.75, 3.05) is 0 Å². The Hall–Kier alpha value is -1.84. The van der Waals surface area contributed by atoms with Crippen molar-refractivity contribution in [3.63, 3.8) is 0 Å². The standard InChI is InChI=1S/C13H16O4/c1-3-7-13(2,12(15)16)17-11-6-4-5-10(8-11)9-14/h4-6,8-9H,3,7H2,1-2H3,(H,15,16). The van der Waals surface area contributed by atoms with Gasteiger partial charge in [0, 0.05) is 5.56 Å². The summed E-state index contributed by atoms with van der Waals surface area (Å²) in [6, 6.07) is 6.47. The Morgan fingerprint density at radius 1 is 1.53 bits per heavy atom. The molecule has 0 amide bonds. The number of carboxylic acids is 1. The lowest BCUT2D eigenvalue weighted by molar-refractivity contribution is -0.154. The van der Waals surface area contributed by atoms with Gasteiger partial charge < -0.3 is 9.84 Å². The van der Waals surface area contributed by atoms with Gasteiger partial charge in [0.2, 0.25) is 5.60 Å². The summed E-state index contributed by atoms with van der Waals surface area (Å²) in [6.07, 6.45) is 1.81. The summed E-state index contributed by atoms with van der Waals surface area (Å²) in [5.41, 5.74) is -0.789. The van der Waals surface area contributed by atoms with E-state index >= 15 is 0 Å². The zero-order chi connectivity index (χ0) is 12.9. The van der Waals surface area contributed by atoms with E-state index in [-0.39, 0.29) is 0 Å². The molecule has 0 aliphatic heterocycles. The van der Waals surface area contributed by atoms with Gasteiger partial charge in [-0.3, -0.25) is 4.79 Å². The van der Waals surface area contributed by atoms with E-state index < -0.39 is 11.6 Å². The van der Waals surface area contributed by atoms with Crippen LogP contribution in [0.2, 0.25) is 0 Å². The molecule has 0 bridgehead atoms. The summed E-state index contributed by atoms with van der Waals surface area (Å²) in [5.74, 6) is -0.608. The summed E-state index contributed by atoms with van der Waals surface area (Å²) in [7, 11) is 0. The normalized spacial score (nSPS) is 13.8. The first kappa shape index (κ1) is 13.2. The average Bonchev–Trinajstić information content (AvgIpc) is 2.29. The molecule has 1 rings (SSSR count). The summed E-state index contributed by atoms with van der Waals surface area (Å²) in [4.78, 5) is 21.8. The Balaban J connectivity index is 2.93. The first-order valence-corrected chi connectivity index (χ1v) is 5.49. The van der Waals surface area contributed by atoms with Crippen LogP contribution in [0.4, 0.5) is 0 Å². The molecule has 0 fully saturated rings. The molecule has 1 unspecified atom stereocenters. The van der Waals surface area contributed by atoms with Crippen molar-refractivity contribution < 1.29 is 19.4 Å². The quantitative estimate of drug-likeness (QED) is 0.771. The van der Waals surface area contributed by atoms with Crippen LogP contribution in [0.25, 0.3) is 0 Å². The minimum absolute atomic E-state index is 0.396. The van der Waals surface area contributed by atoms with Crippen molar-refractivity contribution in [2.45, 2.75) is 32.3 Å². The van der Waals surface area contributed by atoms with Crippen LogP contribution in [0.3, 0.4) is 0 Å². The Morgan fingerprint density at radius 3 is 2.76 bits per heavy atom. The number of hydrogen-bond acceptors (Lipinski definition) is 3. The second-order valence-corrected chi connectivity index (χ2v) is 4.08. The third-order valence-corrected chi connectivity index (χ3v) is 2.52. The van der Waals surface area contributed by atoms with Gasteiger partial charge in [-0.2, -0.15) is 0 Å². The topological polar surface area (TPSA) is 63.6 Å². The molecular weight excluding hydrogens is 220 g/mol. The third-order valence-electron chi connectivity index (χ3n) is 2.52. The number of carboxylic acid groups (broad SMARTS) is 1. The number of ether oxygens (including phenoxy) is 1.